The van der Waals surface area contributed by atoms with E-state index in [1.165, 1.54) is 0 Å². The highest BCUT2D eigenvalue weighted by Gasteiger charge is 2.18. The lowest BCUT2D eigenvalue weighted by molar-refractivity contribution is -0.138. The van der Waals surface area contributed by atoms with Crippen molar-refractivity contribution >= 4 is 40.8 Å². The van der Waals surface area contributed by atoms with E-state index in [2.05, 4.69) is 5.32 Å². The third kappa shape index (κ3) is 3.89. The Labute approximate surface area is 108 Å². The fourth-order valence-electron chi connectivity index (χ4n) is 1.11. The van der Waals surface area contributed by atoms with Crippen LogP contribution in [-0.4, -0.2) is 23.0 Å². The number of nitrogens with one attached hydrogen (secondary N) is 1. The van der Waals surface area contributed by atoms with Crippen LogP contribution in [0.25, 0.3) is 0 Å². The lowest BCUT2D eigenvalue weighted by Crippen LogP contribution is -2.37. The van der Waals surface area contributed by atoms with Gasteiger partial charge < -0.3 is 16.2 Å². The second-order valence-corrected chi connectivity index (χ2v) is 4.08. The highest BCUT2D eigenvalue weighted by Crippen LogP contribution is 2.29. The van der Waals surface area contributed by atoms with Crippen LogP contribution in [0, 0.1) is 0 Å². The van der Waals surface area contributed by atoms with Gasteiger partial charge in [-0.2, -0.15) is 0 Å². The summed E-state index contributed by atoms with van der Waals surface area (Å²) in [7, 11) is 0. The Morgan fingerprint density at radius 3 is 2.65 bits per heavy atom. The minimum absolute atomic E-state index is 0.185. The van der Waals surface area contributed by atoms with Gasteiger partial charge in [-0.05, 0) is 12.1 Å². The Balaban J connectivity index is 2.74. The number of hydrogen-bond acceptors (Lipinski definition) is 3. The average molecular weight is 277 g/mol. The SMILES string of the molecule is NC(CC(=O)O)C(=O)Nc1cccc(Cl)c1Cl. The molecule has 1 amide bonds. The van der Waals surface area contributed by atoms with E-state index in [-0.39, 0.29) is 10.0 Å². The van der Waals surface area contributed by atoms with Crippen molar-refractivity contribution in [2.45, 2.75) is 12.5 Å². The minimum Gasteiger partial charge on any atom is -0.481 e. The first-order chi connectivity index (χ1) is 7.91. The van der Waals surface area contributed by atoms with Gasteiger partial charge in [-0.15, -0.1) is 0 Å². The molecule has 0 aromatic heterocycles. The number of amides is 1. The first-order valence-corrected chi connectivity index (χ1v) is 5.39. The molecule has 1 aromatic carbocycles. The Hall–Kier alpha value is -1.30. The van der Waals surface area contributed by atoms with E-state index in [1.54, 1.807) is 18.2 Å². The molecule has 0 radical (unpaired) electrons. The van der Waals surface area contributed by atoms with Crippen molar-refractivity contribution in [1.82, 2.24) is 0 Å². The molecule has 1 rings (SSSR count). The average Bonchev–Trinajstić information content (AvgIpc) is 2.23. The molecule has 0 aliphatic rings. The number of carbonyl (C=O) groups excluding carboxylic acids is 1. The number of benzene rings is 1. The smallest absolute Gasteiger partial charge is 0.305 e. The van der Waals surface area contributed by atoms with Crippen LogP contribution in [0.1, 0.15) is 6.42 Å². The fraction of sp³-hybridized carbons (Fsp3) is 0.200. The summed E-state index contributed by atoms with van der Waals surface area (Å²) < 4.78 is 0. The minimum atomic E-state index is -1.15. The van der Waals surface area contributed by atoms with E-state index >= 15 is 0 Å². The molecule has 0 saturated carbocycles. The van der Waals surface area contributed by atoms with E-state index in [0.29, 0.717) is 5.69 Å². The molecular weight excluding hydrogens is 267 g/mol. The lowest BCUT2D eigenvalue weighted by Gasteiger charge is -2.11. The molecule has 0 saturated heterocycles. The summed E-state index contributed by atoms with van der Waals surface area (Å²) in [6, 6.07) is 3.57. The van der Waals surface area contributed by atoms with Gasteiger partial charge in [-0.25, -0.2) is 0 Å². The van der Waals surface area contributed by atoms with Crippen LogP contribution < -0.4 is 11.1 Å². The number of hydrogen-bond donors (Lipinski definition) is 3. The number of carboxylic acid groups (broad SMARTS) is 1. The molecule has 7 heteroatoms. The van der Waals surface area contributed by atoms with Gasteiger partial charge in [0.15, 0.2) is 0 Å². The van der Waals surface area contributed by atoms with E-state index in [0.717, 1.165) is 0 Å². The summed E-state index contributed by atoms with van der Waals surface area (Å²) in [5.74, 6) is -1.78. The Bertz CT molecular complexity index is 451. The van der Waals surface area contributed by atoms with E-state index < -0.39 is 24.3 Å². The number of anilines is 1. The van der Waals surface area contributed by atoms with Crippen molar-refractivity contribution in [3.63, 3.8) is 0 Å². The molecule has 5 nitrogen and oxygen atoms in total. The summed E-state index contributed by atoms with van der Waals surface area (Å²) in [5, 5.41) is 11.4. The van der Waals surface area contributed by atoms with Crippen LogP contribution in [0.3, 0.4) is 0 Å². The number of halogens is 2. The largest absolute Gasteiger partial charge is 0.481 e. The second-order valence-electron chi connectivity index (χ2n) is 3.29. The maximum atomic E-state index is 11.5. The zero-order valence-electron chi connectivity index (χ0n) is 8.61. The zero-order valence-corrected chi connectivity index (χ0v) is 10.1. The standard InChI is InChI=1S/C10H10Cl2N2O3/c11-5-2-1-3-7(9(5)12)14-10(17)6(13)4-8(15)16/h1-3,6H,4,13H2,(H,14,17)(H,15,16). The van der Waals surface area contributed by atoms with Crippen molar-refractivity contribution < 1.29 is 14.7 Å². The lowest BCUT2D eigenvalue weighted by atomic mass is 10.2. The molecule has 1 atom stereocenters. The van der Waals surface area contributed by atoms with Gasteiger partial charge in [-0.3, -0.25) is 9.59 Å². The predicted molar refractivity (Wildman–Crippen MR) is 65.3 cm³/mol. The van der Waals surface area contributed by atoms with Crippen LogP contribution in [0.5, 0.6) is 0 Å². The van der Waals surface area contributed by atoms with E-state index in [4.69, 9.17) is 34.0 Å². The predicted octanol–water partition coefficient (Wildman–Crippen LogP) is 1.73. The van der Waals surface area contributed by atoms with E-state index in [9.17, 15) is 9.59 Å². The third-order valence-corrected chi connectivity index (χ3v) is 2.76. The van der Waals surface area contributed by atoms with Crippen molar-refractivity contribution in [3.8, 4) is 0 Å². The first kappa shape index (κ1) is 13.8. The van der Waals surface area contributed by atoms with Crippen LogP contribution in [0.4, 0.5) is 5.69 Å². The van der Waals surface area contributed by atoms with Crippen molar-refractivity contribution in [1.29, 1.82) is 0 Å². The Morgan fingerprint density at radius 1 is 1.41 bits per heavy atom. The molecule has 17 heavy (non-hydrogen) atoms. The zero-order chi connectivity index (χ0) is 13.0. The molecular formula is C10H10Cl2N2O3. The second kappa shape index (κ2) is 5.86. The summed E-state index contributed by atoms with van der Waals surface area (Å²) >= 11 is 11.6. The Kier molecular flexibility index (Phi) is 4.74. The fourth-order valence-corrected chi connectivity index (χ4v) is 1.45. The number of carboxylic acids is 1. The molecule has 0 heterocycles. The van der Waals surface area contributed by atoms with Gasteiger partial charge in [0.2, 0.25) is 5.91 Å². The maximum absolute atomic E-state index is 11.5. The van der Waals surface area contributed by atoms with Gasteiger partial charge in [0.05, 0.1) is 28.2 Å². The summed E-state index contributed by atoms with van der Waals surface area (Å²) in [5.41, 5.74) is 5.68. The van der Waals surface area contributed by atoms with Gasteiger partial charge in [0, 0.05) is 0 Å². The molecule has 4 N–H and O–H groups in total. The van der Waals surface area contributed by atoms with Crippen LogP contribution in [-0.2, 0) is 9.59 Å². The highest BCUT2D eigenvalue weighted by atomic mass is 35.5. The molecule has 0 bridgehead atoms. The summed E-state index contributed by atoms with van der Waals surface area (Å²) in [4.78, 5) is 21.9. The third-order valence-electron chi connectivity index (χ3n) is 1.94. The highest BCUT2D eigenvalue weighted by molar-refractivity contribution is 6.44. The summed E-state index contributed by atoms with van der Waals surface area (Å²) in [6.07, 6.45) is -0.454. The van der Waals surface area contributed by atoms with Crippen molar-refractivity contribution in [3.05, 3.63) is 28.2 Å². The molecule has 0 fully saturated rings. The van der Waals surface area contributed by atoms with Gasteiger partial charge in [-0.1, -0.05) is 29.3 Å². The molecule has 1 unspecified atom stereocenters. The molecule has 92 valence electrons. The molecule has 0 spiro atoms. The number of nitrogens with two attached hydrogens (primary N) is 1. The molecule has 0 aliphatic heterocycles. The van der Waals surface area contributed by atoms with Crippen LogP contribution >= 0.6 is 23.2 Å². The maximum Gasteiger partial charge on any atom is 0.305 e. The van der Waals surface area contributed by atoms with Gasteiger partial charge in [0.1, 0.15) is 0 Å². The number of rotatable bonds is 4. The van der Waals surface area contributed by atoms with Crippen molar-refractivity contribution in [2.24, 2.45) is 5.73 Å². The topological polar surface area (TPSA) is 92.4 Å². The quantitative estimate of drug-likeness (QED) is 0.781. The van der Waals surface area contributed by atoms with Crippen LogP contribution in [0.2, 0.25) is 10.0 Å². The monoisotopic (exact) mass is 276 g/mol. The first-order valence-electron chi connectivity index (χ1n) is 4.64. The number of carbonyl (C=O) groups is 2. The van der Waals surface area contributed by atoms with Crippen LogP contribution in [0.15, 0.2) is 18.2 Å². The van der Waals surface area contributed by atoms with Gasteiger partial charge in [0.25, 0.3) is 0 Å². The number of aliphatic carboxylic acids is 1. The van der Waals surface area contributed by atoms with Gasteiger partial charge >= 0.3 is 5.97 Å². The molecule has 0 aliphatic carbocycles. The summed E-state index contributed by atoms with van der Waals surface area (Å²) in [6.45, 7) is 0. The Morgan fingerprint density at radius 2 is 2.06 bits per heavy atom. The normalized spacial score (nSPS) is 11.9. The van der Waals surface area contributed by atoms with Crippen molar-refractivity contribution in [2.75, 3.05) is 5.32 Å². The van der Waals surface area contributed by atoms with E-state index in [1.807, 2.05) is 0 Å². The molecule has 1 aromatic rings.